The molecule has 104 valence electrons. The van der Waals surface area contributed by atoms with Crippen molar-refractivity contribution in [3.8, 4) is 0 Å². The Labute approximate surface area is 115 Å². The molecule has 0 aliphatic carbocycles. The average Bonchev–Trinajstić information content (AvgIpc) is 2.86. The Morgan fingerprint density at radius 3 is 2.79 bits per heavy atom. The highest BCUT2D eigenvalue weighted by Crippen LogP contribution is 2.16. The predicted octanol–water partition coefficient (Wildman–Crippen LogP) is 2.89. The molecule has 0 saturated carbocycles. The third kappa shape index (κ3) is 4.37. The Morgan fingerprint density at radius 1 is 1.11 bits per heavy atom. The van der Waals surface area contributed by atoms with Gasteiger partial charge in [-0.3, -0.25) is 0 Å². The van der Waals surface area contributed by atoms with Gasteiger partial charge in [-0.2, -0.15) is 0 Å². The number of rotatable bonds is 8. The smallest absolute Gasteiger partial charge is 0.0499 e. The zero-order chi connectivity index (χ0) is 13.5. The molecule has 1 aromatic carbocycles. The zero-order valence-corrected chi connectivity index (χ0v) is 12.0. The van der Waals surface area contributed by atoms with Crippen molar-refractivity contribution in [1.82, 2.24) is 15.6 Å². The zero-order valence-electron chi connectivity index (χ0n) is 12.0. The van der Waals surface area contributed by atoms with Crippen molar-refractivity contribution in [3.63, 3.8) is 0 Å². The molecule has 3 nitrogen and oxygen atoms in total. The van der Waals surface area contributed by atoms with Crippen LogP contribution in [0.2, 0.25) is 0 Å². The van der Waals surface area contributed by atoms with E-state index in [1.165, 1.54) is 22.9 Å². The van der Waals surface area contributed by atoms with Crippen LogP contribution in [0.25, 0.3) is 10.9 Å². The molecule has 19 heavy (non-hydrogen) atoms. The number of nitrogens with one attached hydrogen (secondary N) is 3. The SMILES string of the molecule is CC(C)CNCCCNCc1cccc2cc[nH]c12. The number of aromatic nitrogens is 1. The van der Waals surface area contributed by atoms with Crippen LogP contribution < -0.4 is 10.6 Å². The molecular weight excluding hydrogens is 234 g/mol. The fourth-order valence-corrected chi connectivity index (χ4v) is 2.25. The van der Waals surface area contributed by atoms with Crippen LogP contribution in [0.5, 0.6) is 0 Å². The molecule has 0 atom stereocenters. The molecule has 0 bridgehead atoms. The van der Waals surface area contributed by atoms with Gasteiger partial charge in [0.25, 0.3) is 0 Å². The number of para-hydroxylation sites is 1. The number of H-pyrrole nitrogens is 1. The van der Waals surface area contributed by atoms with Crippen molar-refractivity contribution in [1.29, 1.82) is 0 Å². The normalized spacial score (nSPS) is 11.5. The molecule has 0 amide bonds. The Morgan fingerprint density at radius 2 is 1.95 bits per heavy atom. The third-order valence-electron chi connectivity index (χ3n) is 3.25. The maximum absolute atomic E-state index is 3.51. The quantitative estimate of drug-likeness (QED) is 0.638. The Hall–Kier alpha value is -1.32. The predicted molar refractivity (Wildman–Crippen MR) is 82.3 cm³/mol. The first kappa shape index (κ1) is 14.1. The van der Waals surface area contributed by atoms with Gasteiger partial charge >= 0.3 is 0 Å². The molecule has 0 radical (unpaired) electrons. The summed E-state index contributed by atoms with van der Waals surface area (Å²) in [7, 11) is 0. The van der Waals surface area contributed by atoms with Gasteiger partial charge in [-0.15, -0.1) is 0 Å². The van der Waals surface area contributed by atoms with Crippen molar-refractivity contribution in [2.75, 3.05) is 19.6 Å². The first-order valence-electron chi connectivity index (χ1n) is 7.24. The molecule has 3 heteroatoms. The van der Waals surface area contributed by atoms with E-state index < -0.39 is 0 Å². The van der Waals surface area contributed by atoms with Crippen molar-refractivity contribution < 1.29 is 0 Å². The summed E-state index contributed by atoms with van der Waals surface area (Å²) in [6.07, 6.45) is 3.18. The lowest BCUT2D eigenvalue weighted by molar-refractivity contribution is 0.530. The molecule has 2 rings (SSSR count). The number of fused-ring (bicyclic) bond motifs is 1. The van der Waals surface area contributed by atoms with Crippen molar-refractivity contribution in [2.24, 2.45) is 5.92 Å². The van der Waals surface area contributed by atoms with Gasteiger partial charge in [-0.1, -0.05) is 32.0 Å². The van der Waals surface area contributed by atoms with Crippen LogP contribution in [0.15, 0.2) is 30.5 Å². The molecule has 3 N–H and O–H groups in total. The van der Waals surface area contributed by atoms with E-state index in [1.807, 2.05) is 6.20 Å². The number of hydrogen-bond donors (Lipinski definition) is 3. The lowest BCUT2D eigenvalue weighted by atomic mass is 10.1. The molecule has 2 aromatic rings. The van der Waals surface area contributed by atoms with Crippen LogP contribution in [0.4, 0.5) is 0 Å². The van der Waals surface area contributed by atoms with Gasteiger partial charge in [0.1, 0.15) is 0 Å². The lowest BCUT2D eigenvalue weighted by Crippen LogP contribution is -2.24. The van der Waals surface area contributed by atoms with Gasteiger partial charge in [0.2, 0.25) is 0 Å². The van der Waals surface area contributed by atoms with Crippen LogP contribution in [0.1, 0.15) is 25.8 Å². The molecule has 0 aliphatic heterocycles. The van der Waals surface area contributed by atoms with Crippen LogP contribution >= 0.6 is 0 Å². The summed E-state index contributed by atoms with van der Waals surface area (Å²) in [5, 5.41) is 8.26. The van der Waals surface area contributed by atoms with E-state index in [1.54, 1.807) is 0 Å². The maximum atomic E-state index is 3.51. The standard InChI is InChI=1S/C16H25N3/c1-13(2)11-17-8-4-9-18-12-15-6-3-5-14-7-10-19-16(14)15/h3,5-7,10,13,17-19H,4,8-9,11-12H2,1-2H3. The Bertz CT molecular complexity index is 487. The molecule has 0 unspecified atom stereocenters. The Kier molecular flexibility index (Phi) is 5.43. The third-order valence-corrected chi connectivity index (χ3v) is 3.25. The molecule has 0 saturated heterocycles. The van der Waals surface area contributed by atoms with E-state index in [-0.39, 0.29) is 0 Å². The molecule has 0 spiro atoms. The highest BCUT2D eigenvalue weighted by molar-refractivity contribution is 5.82. The summed E-state index contributed by atoms with van der Waals surface area (Å²) in [6.45, 7) is 8.68. The highest BCUT2D eigenvalue weighted by Gasteiger charge is 2.00. The summed E-state index contributed by atoms with van der Waals surface area (Å²) in [5.41, 5.74) is 2.60. The molecule has 1 heterocycles. The van der Waals surface area contributed by atoms with E-state index in [9.17, 15) is 0 Å². The molecule has 1 aromatic heterocycles. The minimum Gasteiger partial charge on any atom is -0.361 e. The number of aromatic amines is 1. The average molecular weight is 259 g/mol. The van der Waals surface area contributed by atoms with E-state index in [4.69, 9.17) is 0 Å². The topological polar surface area (TPSA) is 39.8 Å². The number of hydrogen-bond acceptors (Lipinski definition) is 2. The summed E-state index contributed by atoms with van der Waals surface area (Å²) in [4.78, 5) is 3.31. The second-order valence-electron chi connectivity index (χ2n) is 5.49. The second-order valence-corrected chi connectivity index (χ2v) is 5.49. The van der Waals surface area contributed by atoms with Gasteiger partial charge in [-0.25, -0.2) is 0 Å². The fourth-order valence-electron chi connectivity index (χ4n) is 2.25. The first-order chi connectivity index (χ1) is 9.27. The minimum absolute atomic E-state index is 0.735. The van der Waals surface area contributed by atoms with Crippen LogP contribution in [-0.4, -0.2) is 24.6 Å². The monoisotopic (exact) mass is 259 g/mol. The summed E-state index contributed by atoms with van der Waals surface area (Å²) >= 11 is 0. The first-order valence-corrected chi connectivity index (χ1v) is 7.24. The Balaban J connectivity index is 1.67. The van der Waals surface area contributed by atoms with E-state index in [0.29, 0.717) is 0 Å². The maximum Gasteiger partial charge on any atom is 0.0499 e. The van der Waals surface area contributed by atoms with Crippen molar-refractivity contribution in [3.05, 3.63) is 36.0 Å². The van der Waals surface area contributed by atoms with Crippen molar-refractivity contribution in [2.45, 2.75) is 26.8 Å². The lowest BCUT2D eigenvalue weighted by Gasteiger charge is -2.08. The highest BCUT2D eigenvalue weighted by atomic mass is 14.9. The van der Waals surface area contributed by atoms with E-state index in [0.717, 1.165) is 32.1 Å². The van der Waals surface area contributed by atoms with Gasteiger partial charge in [0, 0.05) is 18.3 Å². The largest absolute Gasteiger partial charge is 0.361 e. The fraction of sp³-hybridized carbons (Fsp3) is 0.500. The second kappa shape index (κ2) is 7.31. The minimum atomic E-state index is 0.735. The van der Waals surface area contributed by atoms with Gasteiger partial charge in [-0.05, 0) is 49.0 Å². The van der Waals surface area contributed by atoms with Gasteiger partial charge in [0.15, 0.2) is 0 Å². The van der Waals surface area contributed by atoms with Crippen LogP contribution in [-0.2, 0) is 6.54 Å². The summed E-state index contributed by atoms with van der Waals surface area (Å²) in [5.74, 6) is 0.735. The van der Waals surface area contributed by atoms with E-state index in [2.05, 4.69) is 53.7 Å². The number of benzene rings is 1. The van der Waals surface area contributed by atoms with Gasteiger partial charge in [0.05, 0.1) is 0 Å². The van der Waals surface area contributed by atoms with Crippen LogP contribution in [0, 0.1) is 5.92 Å². The summed E-state index contributed by atoms with van der Waals surface area (Å²) in [6, 6.07) is 8.57. The molecule has 0 aliphatic rings. The van der Waals surface area contributed by atoms with Crippen molar-refractivity contribution >= 4 is 10.9 Å². The van der Waals surface area contributed by atoms with Crippen LogP contribution in [0.3, 0.4) is 0 Å². The molecule has 0 fully saturated rings. The summed E-state index contributed by atoms with van der Waals surface area (Å²) < 4.78 is 0. The van der Waals surface area contributed by atoms with Gasteiger partial charge < -0.3 is 15.6 Å². The molecular formula is C16H25N3. The van der Waals surface area contributed by atoms with E-state index >= 15 is 0 Å².